The van der Waals surface area contributed by atoms with E-state index in [1.807, 2.05) is 12.1 Å². The number of hydrogen-bond acceptors (Lipinski definition) is 4. The number of likely N-dealkylation sites (tertiary alicyclic amines) is 1. The smallest absolute Gasteiger partial charge is 0.160 e. The Bertz CT molecular complexity index is 675. The maximum atomic E-state index is 13.3. The molecular weight excluding hydrogens is 314 g/mol. The van der Waals surface area contributed by atoms with E-state index in [0.717, 1.165) is 50.1 Å². The van der Waals surface area contributed by atoms with Gasteiger partial charge in [-0.25, -0.2) is 8.78 Å². The lowest BCUT2D eigenvalue weighted by molar-refractivity contribution is 0.155. The number of methoxy groups -OCH3 is 1. The van der Waals surface area contributed by atoms with Crippen LogP contribution in [-0.4, -0.2) is 31.1 Å². The Hall–Kier alpha value is -1.92. The molecule has 24 heavy (non-hydrogen) atoms. The van der Waals surface area contributed by atoms with Gasteiger partial charge in [0.05, 0.1) is 6.54 Å². The van der Waals surface area contributed by atoms with Crippen LogP contribution in [0, 0.1) is 11.6 Å². The summed E-state index contributed by atoms with van der Waals surface area (Å²) in [7, 11) is 1.64. The van der Waals surface area contributed by atoms with Gasteiger partial charge in [-0.2, -0.15) is 0 Å². The predicted molar refractivity (Wildman–Crippen MR) is 87.7 cm³/mol. The highest BCUT2D eigenvalue weighted by atomic mass is 19.2. The topological polar surface area (TPSA) is 37.6 Å². The fourth-order valence-corrected chi connectivity index (χ4v) is 3.09. The quantitative estimate of drug-likeness (QED) is 0.871. The van der Waals surface area contributed by atoms with Crippen molar-refractivity contribution in [3.8, 4) is 0 Å². The standard InChI is InChI=1S/C18H22F2N2O2/c1-23-12-16-6-5-15(24-16)11-22-8-2-3-14(10-22)21-13-4-7-17(19)18(20)9-13/h4-7,9,14,21H,2-3,8,10-12H2,1H3/t14-/m0/s1. The number of ether oxygens (including phenoxy) is 1. The largest absolute Gasteiger partial charge is 0.462 e. The van der Waals surface area contributed by atoms with Crippen LogP contribution in [0.2, 0.25) is 0 Å². The second kappa shape index (κ2) is 7.77. The Labute approximate surface area is 140 Å². The van der Waals surface area contributed by atoms with Crippen molar-refractivity contribution in [2.75, 3.05) is 25.5 Å². The number of benzene rings is 1. The van der Waals surface area contributed by atoms with Crippen molar-refractivity contribution < 1.29 is 17.9 Å². The predicted octanol–water partition coefficient (Wildman–Crippen LogP) is 3.78. The normalized spacial score (nSPS) is 18.7. The number of nitrogens with one attached hydrogen (secondary N) is 1. The van der Waals surface area contributed by atoms with E-state index in [2.05, 4.69) is 10.2 Å². The van der Waals surface area contributed by atoms with E-state index in [-0.39, 0.29) is 6.04 Å². The van der Waals surface area contributed by atoms with Gasteiger partial charge in [-0.15, -0.1) is 0 Å². The van der Waals surface area contributed by atoms with Crippen LogP contribution in [0.4, 0.5) is 14.5 Å². The average molecular weight is 336 g/mol. The summed E-state index contributed by atoms with van der Waals surface area (Å²) >= 11 is 0. The molecule has 1 aromatic heterocycles. The van der Waals surface area contributed by atoms with Crippen LogP contribution in [0.25, 0.3) is 0 Å². The van der Waals surface area contributed by atoms with E-state index in [1.165, 1.54) is 6.07 Å². The van der Waals surface area contributed by atoms with Gasteiger partial charge in [-0.1, -0.05) is 0 Å². The molecule has 0 unspecified atom stereocenters. The zero-order valence-corrected chi connectivity index (χ0v) is 13.7. The van der Waals surface area contributed by atoms with Crippen LogP contribution in [0.1, 0.15) is 24.4 Å². The molecule has 0 bridgehead atoms. The summed E-state index contributed by atoms with van der Waals surface area (Å²) < 4.78 is 37.1. The third kappa shape index (κ3) is 4.33. The van der Waals surface area contributed by atoms with Crippen LogP contribution in [-0.2, 0) is 17.9 Å². The first-order valence-electron chi connectivity index (χ1n) is 8.14. The van der Waals surface area contributed by atoms with Gasteiger partial charge in [0, 0.05) is 31.5 Å². The van der Waals surface area contributed by atoms with Crippen molar-refractivity contribution in [2.24, 2.45) is 0 Å². The van der Waals surface area contributed by atoms with Crippen molar-refractivity contribution in [3.63, 3.8) is 0 Å². The van der Waals surface area contributed by atoms with E-state index < -0.39 is 11.6 Å². The summed E-state index contributed by atoms with van der Waals surface area (Å²) in [6.07, 6.45) is 2.05. The molecule has 6 heteroatoms. The zero-order valence-electron chi connectivity index (χ0n) is 13.7. The molecule has 1 aliphatic heterocycles. The van der Waals surface area contributed by atoms with Crippen LogP contribution in [0.15, 0.2) is 34.7 Å². The fraction of sp³-hybridized carbons (Fsp3) is 0.444. The van der Waals surface area contributed by atoms with E-state index in [4.69, 9.17) is 9.15 Å². The Morgan fingerprint density at radius 1 is 1.21 bits per heavy atom. The number of rotatable bonds is 6. The highest BCUT2D eigenvalue weighted by molar-refractivity contribution is 5.44. The molecular formula is C18H22F2N2O2. The SMILES string of the molecule is COCc1ccc(CN2CCC[C@H](Nc3ccc(F)c(F)c3)C2)o1. The summed E-state index contributed by atoms with van der Waals surface area (Å²) in [4.78, 5) is 2.30. The van der Waals surface area contributed by atoms with Crippen molar-refractivity contribution in [2.45, 2.75) is 32.0 Å². The van der Waals surface area contributed by atoms with Gasteiger partial charge in [0.15, 0.2) is 11.6 Å². The molecule has 1 N–H and O–H groups in total. The Morgan fingerprint density at radius 3 is 2.83 bits per heavy atom. The summed E-state index contributed by atoms with van der Waals surface area (Å²) in [6, 6.07) is 8.04. The minimum atomic E-state index is -0.825. The number of piperidine rings is 1. The Balaban J connectivity index is 1.56. The molecule has 0 spiro atoms. The van der Waals surface area contributed by atoms with Crippen molar-refractivity contribution in [1.82, 2.24) is 4.90 Å². The summed E-state index contributed by atoms with van der Waals surface area (Å²) in [5.41, 5.74) is 0.612. The Morgan fingerprint density at radius 2 is 2.04 bits per heavy atom. The minimum Gasteiger partial charge on any atom is -0.462 e. The lowest BCUT2D eigenvalue weighted by atomic mass is 10.1. The molecule has 1 atom stereocenters. The molecule has 130 valence electrons. The molecule has 1 aromatic carbocycles. The Kier molecular flexibility index (Phi) is 5.48. The number of halogens is 2. The number of hydrogen-bond donors (Lipinski definition) is 1. The maximum Gasteiger partial charge on any atom is 0.160 e. The van der Waals surface area contributed by atoms with Crippen LogP contribution in [0.5, 0.6) is 0 Å². The first-order valence-corrected chi connectivity index (χ1v) is 8.14. The van der Waals surface area contributed by atoms with E-state index in [1.54, 1.807) is 13.2 Å². The second-order valence-electron chi connectivity index (χ2n) is 6.15. The van der Waals surface area contributed by atoms with Gasteiger partial charge in [0.2, 0.25) is 0 Å². The molecule has 0 amide bonds. The zero-order chi connectivity index (χ0) is 16.9. The molecule has 2 heterocycles. The third-order valence-corrected chi connectivity index (χ3v) is 4.18. The lowest BCUT2D eigenvalue weighted by Gasteiger charge is -2.33. The van der Waals surface area contributed by atoms with Crippen LogP contribution >= 0.6 is 0 Å². The minimum absolute atomic E-state index is 0.206. The highest BCUT2D eigenvalue weighted by Crippen LogP contribution is 2.20. The van der Waals surface area contributed by atoms with Crippen LogP contribution < -0.4 is 5.32 Å². The fourth-order valence-electron chi connectivity index (χ4n) is 3.09. The van der Waals surface area contributed by atoms with Crippen molar-refractivity contribution in [3.05, 3.63) is 53.5 Å². The molecule has 1 aliphatic rings. The maximum absolute atomic E-state index is 13.3. The van der Waals surface area contributed by atoms with E-state index in [9.17, 15) is 8.78 Å². The van der Waals surface area contributed by atoms with Crippen molar-refractivity contribution >= 4 is 5.69 Å². The van der Waals surface area contributed by atoms with Gasteiger partial charge in [0.25, 0.3) is 0 Å². The number of furan rings is 1. The van der Waals surface area contributed by atoms with E-state index >= 15 is 0 Å². The van der Waals surface area contributed by atoms with Gasteiger partial charge in [0.1, 0.15) is 18.1 Å². The average Bonchev–Trinajstić information content (AvgIpc) is 2.99. The van der Waals surface area contributed by atoms with Crippen LogP contribution in [0.3, 0.4) is 0 Å². The van der Waals surface area contributed by atoms with E-state index in [0.29, 0.717) is 12.3 Å². The second-order valence-corrected chi connectivity index (χ2v) is 6.15. The van der Waals surface area contributed by atoms with Gasteiger partial charge < -0.3 is 14.5 Å². The van der Waals surface area contributed by atoms with Gasteiger partial charge in [-0.05, 0) is 43.7 Å². The molecule has 4 nitrogen and oxygen atoms in total. The van der Waals surface area contributed by atoms with Crippen molar-refractivity contribution in [1.29, 1.82) is 0 Å². The number of anilines is 1. The third-order valence-electron chi connectivity index (χ3n) is 4.18. The molecule has 1 saturated heterocycles. The van der Waals surface area contributed by atoms with Gasteiger partial charge >= 0.3 is 0 Å². The molecule has 2 aromatic rings. The monoisotopic (exact) mass is 336 g/mol. The first kappa shape index (κ1) is 16.9. The highest BCUT2D eigenvalue weighted by Gasteiger charge is 2.21. The summed E-state index contributed by atoms with van der Waals surface area (Å²) in [6.45, 7) is 3.04. The number of nitrogens with zero attached hydrogens (tertiary/aromatic N) is 1. The summed E-state index contributed by atoms with van der Waals surface area (Å²) in [5.74, 6) is 0.0842. The molecule has 1 fully saturated rings. The molecule has 0 aliphatic carbocycles. The first-order chi connectivity index (χ1) is 11.6. The summed E-state index contributed by atoms with van der Waals surface area (Å²) in [5, 5.41) is 3.29. The van der Waals surface area contributed by atoms with Gasteiger partial charge in [-0.3, -0.25) is 4.90 Å². The molecule has 0 saturated carbocycles. The molecule has 0 radical (unpaired) electrons. The lowest BCUT2D eigenvalue weighted by Crippen LogP contribution is -2.41. The molecule has 3 rings (SSSR count).